The molecule has 26 heavy (non-hydrogen) atoms. The van der Waals surface area contributed by atoms with Gasteiger partial charge in [-0.1, -0.05) is 13.3 Å². The molecule has 0 unspecified atom stereocenters. The normalized spacial score (nSPS) is 11.3. The van der Waals surface area contributed by atoms with Gasteiger partial charge in [0.1, 0.15) is 11.5 Å². The highest BCUT2D eigenvalue weighted by molar-refractivity contribution is 5.50. The molecule has 6 N–H and O–H groups in total. The van der Waals surface area contributed by atoms with Gasteiger partial charge in [-0.15, -0.1) is 0 Å². The molecule has 0 heterocycles. The molecule has 0 aliphatic carbocycles. The molecule has 0 fully saturated rings. The highest BCUT2D eigenvalue weighted by Gasteiger charge is 2.20. The number of hydrogen-bond acceptors (Lipinski definition) is 6. The smallest absolute Gasteiger partial charge is 0.126 e. The third-order valence-electron chi connectivity index (χ3n) is 4.64. The summed E-state index contributed by atoms with van der Waals surface area (Å²) >= 11 is 0. The van der Waals surface area contributed by atoms with Crippen molar-refractivity contribution >= 4 is 0 Å². The zero-order valence-corrected chi connectivity index (χ0v) is 14.8. The van der Waals surface area contributed by atoms with Crippen LogP contribution in [0.15, 0.2) is 24.3 Å². The lowest BCUT2D eigenvalue weighted by molar-refractivity contribution is 0.263. The molecule has 0 amide bonds. The van der Waals surface area contributed by atoms with Gasteiger partial charge >= 0.3 is 0 Å². The van der Waals surface area contributed by atoms with Gasteiger partial charge in [-0.3, -0.25) is 0 Å². The Kier molecular flexibility index (Phi) is 6.99. The van der Waals surface area contributed by atoms with E-state index in [4.69, 9.17) is 0 Å². The molecule has 0 saturated heterocycles. The molecule has 0 spiro atoms. The Labute approximate surface area is 152 Å². The summed E-state index contributed by atoms with van der Waals surface area (Å²) in [7, 11) is 0. The molecule has 0 bridgehead atoms. The first kappa shape index (κ1) is 20.2. The van der Waals surface area contributed by atoms with Crippen LogP contribution in [0.3, 0.4) is 0 Å². The minimum absolute atomic E-state index is 0.119. The van der Waals surface area contributed by atoms with Crippen LogP contribution >= 0.6 is 0 Å². The van der Waals surface area contributed by atoms with Gasteiger partial charge in [0.2, 0.25) is 0 Å². The van der Waals surface area contributed by atoms with Crippen molar-refractivity contribution in [3.05, 3.63) is 57.6 Å². The number of aromatic hydroxyl groups is 2. The summed E-state index contributed by atoms with van der Waals surface area (Å²) in [5.41, 5.74) is 2.92. The maximum Gasteiger partial charge on any atom is 0.126 e. The Hall–Kier alpha value is -2.12. The van der Waals surface area contributed by atoms with Crippen LogP contribution < -0.4 is 0 Å². The zero-order valence-electron chi connectivity index (χ0n) is 14.8. The summed E-state index contributed by atoms with van der Waals surface area (Å²) in [6.07, 6.45) is 1.58. The average molecular weight is 362 g/mol. The lowest BCUT2D eigenvalue weighted by Gasteiger charge is -2.22. The van der Waals surface area contributed by atoms with E-state index in [1.165, 1.54) is 0 Å². The van der Waals surface area contributed by atoms with E-state index in [9.17, 15) is 30.6 Å². The van der Waals surface area contributed by atoms with Crippen molar-refractivity contribution < 1.29 is 30.6 Å². The zero-order chi connectivity index (χ0) is 19.3. The van der Waals surface area contributed by atoms with E-state index in [2.05, 4.69) is 0 Å². The molecule has 0 saturated carbocycles. The Morgan fingerprint density at radius 2 is 0.962 bits per heavy atom. The van der Waals surface area contributed by atoms with Crippen molar-refractivity contribution in [2.75, 3.05) is 0 Å². The summed E-state index contributed by atoms with van der Waals surface area (Å²) in [5.74, 6) is -0.383. The maximum absolute atomic E-state index is 10.1. The highest BCUT2D eigenvalue weighted by Crippen LogP contribution is 2.37. The number of phenols is 2. The van der Waals surface area contributed by atoms with Crippen LogP contribution in [0.5, 0.6) is 11.5 Å². The lowest BCUT2D eigenvalue weighted by Crippen LogP contribution is -2.06. The molecule has 6 nitrogen and oxygen atoms in total. The molecule has 0 aliphatic heterocycles. The van der Waals surface area contributed by atoms with Crippen LogP contribution in [0, 0.1) is 0 Å². The van der Waals surface area contributed by atoms with Crippen LogP contribution in [0.2, 0.25) is 0 Å². The van der Waals surface area contributed by atoms with E-state index in [0.29, 0.717) is 22.3 Å². The van der Waals surface area contributed by atoms with Crippen molar-refractivity contribution in [1.29, 1.82) is 0 Å². The van der Waals surface area contributed by atoms with E-state index < -0.39 is 0 Å². The van der Waals surface area contributed by atoms with E-state index in [1.54, 1.807) is 24.3 Å². The van der Waals surface area contributed by atoms with Crippen LogP contribution in [0.4, 0.5) is 0 Å². The maximum atomic E-state index is 10.1. The van der Waals surface area contributed by atoms with Gasteiger partial charge in [-0.25, -0.2) is 0 Å². The van der Waals surface area contributed by atoms with Crippen LogP contribution in [-0.2, 0) is 26.4 Å². The highest BCUT2D eigenvalue weighted by atomic mass is 16.3. The van der Waals surface area contributed by atoms with E-state index in [1.807, 2.05) is 6.92 Å². The summed E-state index contributed by atoms with van der Waals surface area (Å²) in [6.45, 7) is 0.596. The molecule has 2 rings (SSSR count). The SMILES string of the molecule is CCCC(c1cc(CO)c(O)c(CO)c1)c1cc(CO)c(O)c(CO)c1. The monoisotopic (exact) mass is 362 g/mol. The Balaban J connectivity index is 2.63. The van der Waals surface area contributed by atoms with E-state index in [0.717, 1.165) is 24.0 Å². The second-order valence-corrected chi connectivity index (χ2v) is 6.35. The number of benzene rings is 2. The lowest BCUT2D eigenvalue weighted by atomic mass is 9.84. The van der Waals surface area contributed by atoms with Gasteiger partial charge in [-0.05, 0) is 41.8 Å². The molecule has 0 aliphatic rings. The first-order chi connectivity index (χ1) is 12.5. The van der Waals surface area contributed by atoms with Crippen molar-refractivity contribution in [3.8, 4) is 11.5 Å². The van der Waals surface area contributed by atoms with Gasteiger partial charge in [0, 0.05) is 28.2 Å². The standard InChI is InChI=1S/C20H26O6/c1-2-3-18(12-4-14(8-21)19(25)15(5-12)9-22)13-6-16(10-23)20(26)17(7-13)11-24/h4-7,18,21-26H,2-3,8-11H2,1H3. The number of aliphatic hydroxyl groups excluding tert-OH is 4. The largest absolute Gasteiger partial charge is 0.507 e. The molecule has 6 heteroatoms. The van der Waals surface area contributed by atoms with E-state index >= 15 is 0 Å². The minimum atomic E-state index is -0.356. The molecular weight excluding hydrogens is 336 g/mol. The Bertz CT molecular complexity index is 644. The fraction of sp³-hybridized carbons (Fsp3) is 0.400. The molecule has 2 aromatic carbocycles. The molecule has 0 atom stereocenters. The predicted molar refractivity (Wildman–Crippen MR) is 96.7 cm³/mol. The van der Waals surface area contributed by atoms with E-state index in [-0.39, 0.29) is 43.8 Å². The third kappa shape index (κ3) is 3.99. The minimum Gasteiger partial charge on any atom is -0.507 e. The van der Waals surface area contributed by atoms with Crippen LogP contribution in [0.1, 0.15) is 59.1 Å². The summed E-state index contributed by atoms with van der Waals surface area (Å²) < 4.78 is 0. The number of hydrogen-bond donors (Lipinski definition) is 6. The second-order valence-electron chi connectivity index (χ2n) is 6.35. The van der Waals surface area contributed by atoms with Gasteiger partial charge in [0.15, 0.2) is 0 Å². The summed E-state index contributed by atoms with van der Waals surface area (Å²) in [6, 6.07) is 6.77. The van der Waals surface area contributed by atoms with Gasteiger partial charge in [0.05, 0.1) is 26.4 Å². The first-order valence-electron chi connectivity index (χ1n) is 8.63. The van der Waals surface area contributed by atoms with Crippen molar-refractivity contribution in [2.45, 2.75) is 52.1 Å². The predicted octanol–water partition coefficient (Wildman–Crippen LogP) is 2.00. The van der Waals surface area contributed by atoms with Crippen molar-refractivity contribution in [3.63, 3.8) is 0 Å². The average Bonchev–Trinajstić information content (AvgIpc) is 2.66. The van der Waals surface area contributed by atoms with Crippen molar-refractivity contribution in [2.24, 2.45) is 0 Å². The molecule has 0 aromatic heterocycles. The Morgan fingerprint density at radius 3 is 1.19 bits per heavy atom. The summed E-state index contributed by atoms with van der Waals surface area (Å²) in [4.78, 5) is 0. The van der Waals surface area contributed by atoms with Crippen LogP contribution in [-0.4, -0.2) is 30.6 Å². The quantitative estimate of drug-likeness (QED) is 0.427. The van der Waals surface area contributed by atoms with Gasteiger partial charge in [-0.2, -0.15) is 0 Å². The van der Waals surface area contributed by atoms with Crippen molar-refractivity contribution in [1.82, 2.24) is 0 Å². The molecule has 0 radical (unpaired) electrons. The molecular formula is C20H26O6. The molecule has 2 aromatic rings. The van der Waals surface area contributed by atoms with Crippen LogP contribution in [0.25, 0.3) is 0 Å². The fourth-order valence-electron chi connectivity index (χ4n) is 3.27. The second kappa shape index (κ2) is 9.00. The summed E-state index contributed by atoms with van der Waals surface area (Å²) in [5, 5.41) is 58.2. The van der Waals surface area contributed by atoms with Gasteiger partial charge < -0.3 is 30.6 Å². The topological polar surface area (TPSA) is 121 Å². The third-order valence-corrected chi connectivity index (χ3v) is 4.64. The number of rotatable bonds is 8. The Morgan fingerprint density at radius 1 is 0.654 bits per heavy atom. The fourth-order valence-corrected chi connectivity index (χ4v) is 3.27. The van der Waals surface area contributed by atoms with Gasteiger partial charge in [0.25, 0.3) is 0 Å². The molecule has 142 valence electrons. The number of aliphatic hydroxyl groups is 4. The first-order valence-corrected chi connectivity index (χ1v) is 8.63.